The molecular weight excluding hydrogens is 295 g/mol. The predicted molar refractivity (Wildman–Crippen MR) is 78.5 cm³/mol. The molecule has 1 atom stereocenters. The molecule has 7 heteroatoms. The second-order valence-corrected chi connectivity index (χ2v) is 4.92. The molecule has 0 unspecified atom stereocenters. The normalized spacial score (nSPS) is 12.2. The SMILES string of the molecule is CC[C@@H](N)c1ccc(Cl)c(C(=O)c2ccc(N)nn2)c1F. The van der Waals surface area contributed by atoms with Gasteiger partial charge in [0.05, 0.1) is 10.6 Å². The quantitative estimate of drug-likeness (QED) is 0.846. The van der Waals surface area contributed by atoms with Crippen LogP contribution in [0.4, 0.5) is 10.2 Å². The lowest BCUT2D eigenvalue weighted by molar-refractivity contribution is 0.102. The van der Waals surface area contributed by atoms with Crippen LogP contribution in [0.25, 0.3) is 0 Å². The lowest BCUT2D eigenvalue weighted by atomic mass is 9.98. The number of ketones is 1. The summed E-state index contributed by atoms with van der Waals surface area (Å²) < 4.78 is 14.5. The Morgan fingerprint density at radius 2 is 2.05 bits per heavy atom. The summed E-state index contributed by atoms with van der Waals surface area (Å²) in [5.41, 5.74) is 11.2. The Hall–Kier alpha value is -2.05. The highest BCUT2D eigenvalue weighted by Gasteiger charge is 2.23. The molecule has 0 fully saturated rings. The number of carbonyl (C=O) groups excluding carboxylic acids is 1. The van der Waals surface area contributed by atoms with Gasteiger partial charge in [0.15, 0.2) is 0 Å². The molecule has 5 nitrogen and oxygen atoms in total. The molecule has 2 rings (SSSR count). The van der Waals surface area contributed by atoms with Crippen LogP contribution in [0.3, 0.4) is 0 Å². The van der Waals surface area contributed by atoms with E-state index in [1.807, 2.05) is 6.92 Å². The molecule has 0 saturated carbocycles. The smallest absolute Gasteiger partial charge is 0.217 e. The van der Waals surface area contributed by atoms with Crippen molar-refractivity contribution in [1.29, 1.82) is 0 Å². The lowest BCUT2D eigenvalue weighted by Crippen LogP contribution is -2.15. The van der Waals surface area contributed by atoms with E-state index in [0.717, 1.165) is 0 Å². The first-order valence-electron chi connectivity index (χ1n) is 6.33. The van der Waals surface area contributed by atoms with E-state index >= 15 is 0 Å². The van der Waals surface area contributed by atoms with Crippen molar-refractivity contribution in [1.82, 2.24) is 10.2 Å². The molecule has 0 spiro atoms. The third kappa shape index (κ3) is 3.01. The second-order valence-electron chi connectivity index (χ2n) is 4.51. The van der Waals surface area contributed by atoms with Crippen LogP contribution in [-0.4, -0.2) is 16.0 Å². The maximum absolute atomic E-state index is 14.5. The highest BCUT2D eigenvalue weighted by atomic mass is 35.5. The molecule has 0 amide bonds. The number of aromatic nitrogens is 2. The molecule has 1 heterocycles. The maximum atomic E-state index is 14.5. The summed E-state index contributed by atoms with van der Waals surface area (Å²) in [6.07, 6.45) is 0.536. The average Bonchev–Trinajstić information content (AvgIpc) is 2.47. The summed E-state index contributed by atoms with van der Waals surface area (Å²) in [6.45, 7) is 1.83. The molecule has 0 aliphatic carbocycles. The van der Waals surface area contributed by atoms with E-state index in [1.54, 1.807) is 0 Å². The molecule has 1 aromatic carbocycles. The van der Waals surface area contributed by atoms with E-state index in [1.165, 1.54) is 24.3 Å². The molecule has 0 bridgehead atoms. The van der Waals surface area contributed by atoms with Crippen LogP contribution in [0.15, 0.2) is 24.3 Å². The zero-order valence-electron chi connectivity index (χ0n) is 11.3. The summed E-state index contributed by atoms with van der Waals surface area (Å²) in [5, 5.41) is 7.23. The van der Waals surface area contributed by atoms with Gasteiger partial charge in [-0.15, -0.1) is 10.2 Å². The van der Waals surface area contributed by atoms with Crippen LogP contribution < -0.4 is 11.5 Å². The molecule has 4 N–H and O–H groups in total. The number of rotatable bonds is 4. The molecule has 0 aliphatic rings. The number of nitrogens with zero attached hydrogens (tertiary/aromatic N) is 2. The van der Waals surface area contributed by atoms with E-state index in [2.05, 4.69) is 10.2 Å². The summed E-state index contributed by atoms with van der Waals surface area (Å²) in [4.78, 5) is 12.4. The fourth-order valence-corrected chi connectivity index (χ4v) is 2.11. The van der Waals surface area contributed by atoms with Gasteiger partial charge in [0, 0.05) is 11.6 Å². The third-order valence-corrected chi connectivity index (χ3v) is 3.42. The van der Waals surface area contributed by atoms with E-state index in [4.69, 9.17) is 23.1 Å². The van der Waals surface area contributed by atoms with E-state index in [0.29, 0.717) is 6.42 Å². The Balaban J connectivity index is 2.52. The molecule has 2 aromatic rings. The van der Waals surface area contributed by atoms with Crippen LogP contribution in [0.5, 0.6) is 0 Å². The highest BCUT2D eigenvalue weighted by molar-refractivity contribution is 6.34. The lowest BCUT2D eigenvalue weighted by Gasteiger charge is -2.13. The zero-order chi connectivity index (χ0) is 15.6. The van der Waals surface area contributed by atoms with Crippen LogP contribution >= 0.6 is 11.6 Å². The summed E-state index contributed by atoms with van der Waals surface area (Å²) >= 11 is 5.95. The molecule has 110 valence electrons. The standard InChI is InChI=1S/C14H14ClFN4O/c1-2-9(17)7-3-4-8(15)12(13(7)16)14(21)10-5-6-11(18)20-19-10/h3-6,9H,2,17H2,1H3,(H2,18,20)/t9-/m1/s1. The average molecular weight is 309 g/mol. The number of nitrogen functional groups attached to an aromatic ring is 1. The number of anilines is 1. The molecule has 0 radical (unpaired) electrons. The minimum absolute atomic E-state index is 0.00294. The van der Waals surface area contributed by atoms with Gasteiger partial charge in [-0.3, -0.25) is 4.79 Å². The van der Waals surface area contributed by atoms with Crippen molar-refractivity contribution < 1.29 is 9.18 Å². The third-order valence-electron chi connectivity index (χ3n) is 3.11. The number of nitrogens with two attached hydrogens (primary N) is 2. The van der Waals surface area contributed by atoms with E-state index in [9.17, 15) is 9.18 Å². The van der Waals surface area contributed by atoms with Crippen molar-refractivity contribution in [3.05, 3.63) is 51.9 Å². The van der Waals surface area contributed by atoms with Crippen LogP contribution in [-0.2, 0) is 0 Å². The van der Waals surface area contributed by atoms with Crippen molar-refractivity contribution in [3.63, 3.8) is 0 Å². The number of hydrogen-bond donors (Lipinski definition) is 2. The van der Waals surface area contributed by atoms with Gasteiger partial charge in [-0.05, 0) is 24.6 Å². The molecule has 21 heavy (non-hydrogen) atoms. The Kier molecular flexibility index (Phi) is 4.50. The van der Waals surface area contributed by atoms with Gasteiger partial charge in [-0.2, -0.15) is 0 Å². The molecule has 0 saturated heterocycles. The minimum atomic E-state index is -0.722. The van der Waals surface area contributed by atoms with Gasteiger partial charge in [-0.25, -0.2) is 4.39 Å². The predicted octanol–water partition coefficient (Wildman–Crippen LogP) is 2.49. The van der Waals surface area contributed by atoms with Crippen molar-refractivity contribution >= 4 is 23.2 Å². The Morgan fingerprint density at radius 3 is 2.62 bits per heavy atom. The fraction of sp³-hybridized carbons (Fsp3) is 0.214. The first kappa shape index (κ1) is 15.3. The number of halogens is 2. The largest absolute Gasteiger partial charge is 0.382 e. The summed E-state index contributed by atoms with van der Waals surface area (Å²) in [5.74, 6) is -1.21. The summed E-state index contributed by atoms with van der Waals surface area (Å²) in [7, 11) is 0. The number of carbonyl (C=O) groups is 1. The Labute approximate surface area is 126 Å². The maximum Gasteiger partial charge on any atom is 0.217 e. The topological polar surface area (TPSA) is 94.9 Å². The second kappa shape index (κ2) is 6.15. The van der Waals surface area contributed by atoms with Crippen LogP contribution in [0.2, 0.25) is 5.02 Å². The highest BCUT2D eigenvalue weighted by Crippen LogP contribution is 2.28. The zero-order valence-corrected chi connectivity index (χ0v) is 12.1. The Morgan fingerprint density at radius 1 is 1.33 bits per heavy atom. The fourth-order valence-electron chi connectivity index (χ4n) is 1.87. The van der Waals surface area contributed by atoms with E-state index < -0.39 is 17.6 Å². The van der Waals surface area contributed by atoms with Crippen molar-refractivity contribution in [2.24, 2.45) is 5.73 Å². The number of benzene rings is 1. The number of hydrogen-bond acceptors (Lipinski definition) is 5. The van der Waals surface area contributed by atoms with Gasteiger partial charge >= 0.3 is 0 Å². The first-order chi connectivity index (χ1) is 9.95. The van der Waals surface area contributed by atoms with Gasteiger partial charge in [-0.1, -0.05) is 24.6 Å². The molecule has 0 aliphatic heterocycles. The monoisotopic (exact) mass is 308 g/mol. The molecule has 1 aromatic heterocycles. The van der Waals surface area contributed by atoms with Crippen LogP contribution in [0, 0.1) is 5.82 Å². The van der Waals surface area contributed by atoms with Crippen molar-refractivity contribution in [2.45, 2.75) is 19.4 Å². The van der Waals surface area contributed by atoms with Crippen LogP contribution in [0.1, 0.15) is 41.0 Å². The van der Waals surface area contributed by atoms with Gasteiger partial charge < -0.3 is 11.5 Å². The van der Waals surface area contributed by atoms with Gasteiger partial charge in [0.2, 0.25) is 5.78 Å². The van der Waals surface area contributed by atoms with Crippen molar-refractivity contribution in [3.8, 4) is 0 Å². The van der Waals surface area contributed by atoms with Gasteiger partial charge in [0.1, 0.15) is 17.3 Å². The minimum Gasteiger partial charge on any atom is -0.382 e. The first-order valence-corrected chi connectivity index (χ1v) is 6.70. The Bertz CT molecular complexity index is 675. The summed E-state index contributed by atoms with van der Waals surface area (Å²) in [6, 6.07) is 5.21. The van der Waals surface area contributed by atoms with E-state index in [-0.39, 0.29) is 27.7 Å². The van der Waals surface area contributed by atoms with Crippen molar-refractivity contribution in [2.75, 3.05) is 5.73 Å². The molecular formula is C14H14ClFN4O. The van der Waals surface area contributed by atoms with Gasteiger partial charge in [0.25, 0.3) is 0 Å².